The zero-order valence-corrected chi connectivity index (χ0v) is 16.5. The van der Waals surface area contributed by atoms with Gasteiger partial charge in [-0.05, 0) is 30.4 Å². The summed E-state index contributed by atoms with van der Waals surface area (Å²) in [5.74, 6) is 0. The average Bonchev–Trinajstić information content (AvgIpc) is 3.11. The monoisotopic (exact) mass is 378 g/mol. The van der Waals surface area contributed by atoms with E-state index >= 15 is 0 Å². The summed E-state index contributed by atoms with van der Waals surface area (Å²) in [5.41, 5.74) is 2.17. The lowest BCUT2D eigenvalue weighted by Gasteiger charge is -2.15. The summed E-state index contributed by atoms with van der Waals surface area (Å²) in [6, 6.07) is 8.42. The van der Waals surface area contributed by atoms with Crippen molar-refractivity contribution in [2.24, 2.45) is 4.99 Å². The predicted octanol–water partition coefficient (Wildman–Crippen LogP) is 3.72. The van der Waals surface area contributed by atoms with Crippen molar-refractivity contribution in [2.45, 2.75) is 70.9 Å². The second-order valence-corrected chi connectivity index (χ2v) is 7.90. The first-order valence-corrected chi connectivity index (χ1v) is 10.9. The van der Waals surface area contributed by atoms with E-state index in [1.807, 2.05) is 0 Å². The van der Waals surface area contributed by atoms with Crippen LogP contribution < -0.4 is 5.32 Å². The molecule has 1 heterocycles. The van der Waals surface area contributed by atoms with Crippen LogP contribution in [0.5, 0.6) is 0 Å². The lowest BCUT2D eigenvalue weighted by molar-refractivity contribution is -0.107. The molecule has 1 unspecified atom stereocenters. The Bertz CT molecular complexity index is 587. The molecule has 5 nitrogen and oxygen atoms in total. The van der Waals surface area contributed by atoms with Gasteiger partial charge in [0.1, 0.15) is 5.71 Å². The number of carbonyl (C=O) groups is 1. The van der Waals surface area contributed by atoms with Gasteiger partial charge in [0, 0.05) is 13.1 Å². The van der Waals surface area contributed by atoms with Crippen molar-refractivity contribution in [3.63, 3.8) is 0 Å². The van der Waals surface area contributed by atoms with Crippen molar-refractivity contribution >= 4 is 19.6 Å². The quantitative estimate of drug-likeness (QED) is 0.382. The van der Waals surface area contributed by atoms with Crippen molar-refractivity contribution in [1.82, 2.24) is 5.32 Å². The van der Waals surface area contributed by atoms with E-state index in [1.54, 1.807) is 0 Å². The highest BCUT2D eigenvalue weighted by atomic mass is 31.2. The molecule has 0 bridgehead atoms. The van der Waals surface area contributed by atoms with E-state index in [0.29, 0.717) is 13.1 Å². The number of benzene rings is 1. The number of aryl methyl sites for hydroxylation is 1. The van der Waals surface area contributed by atoms with Crippen LogP contribution in [0.3, 0.4) is 0 Å². The Kier molecular flexibility index (Phi) is 9.41. The van der Waals surface area contributed by atoms with Crippen LogP contribution in [0.1, 0.15) is 63.0 Å². The Morgan fingerprint density at radius 2 is 1.77 bits per heavy atom. The molecule has 1 aliphatic rings. The minimum absolute atomic E-state index is 0.186. The summed E-state index contributed by atoms with van der Waals surface area (Å²) in [4.78, 5) is 34.1. The van der Waals surface area contributed by atoms with E-state index in [-0.39, 0.29) is 11.8 Å². The van der Waals surface area contributed by atoms with Gasteiger partial charge in [0.25, 0.3) is 5.52 Å². The summed E-state index contributed by atoms with van der Waals surface area (Å²) in [6.45, 7) is 3.44. The summed E-state index contributed by atoms with van der Waals surface area (Å²) in [7, 11) is -2.59. The molecule has 3 N–H and O–H groups in total. The molecular weight excluding hydrogens is 347 g/mol. The number of carbonyl (C=O) groups excluding carboxylic acids is 1. The van der Waals surface area contributed by atoms with Gasteiger partial charge in [-0.3, -0.25) is 9.79 Å². The molecule has 144 valence electrons. The summed E-state index contributed by atoms with van der Waals surface area (Å²) in [6.07, 6.45) is 9.73. The SMILES string of the molecule is CCCCCCCCc1ccc(CNC2CCN=C2C(=O)P(O)O)cc1. The second kappa shape index (κ2) is 11.6. The van der Waals surface area contributed by atoms with Crippen LogP contribution in [0.15, 0.2) is 29.3 Å². The van der Waals surface area contributed by atoms with Crippen LogP contribution in [0.4, 0.5) is 0 Å². The molecular formula is C20H31N2O3P. The lowest BCUT2D eigenvalue weighted by atomic mass is 10.0. The van der Waals surface area contributed by atoms with Crippen molar-refractivity contribution in [1.29, 1.82) is 0 Å². The first-order chi connectivity index (χ1) is 12.6. The summed E-state index contributed by atoms with van der Waals surface area (Å²) < 4.78 is 0. The lowest BCUT2D eigenvalue weighted by Crippen LogP contribution is -2.37. The minimum atomic E-state index is -2.59. The molecule has 0 fully saturated rings. The number of hydrogen-bond donors (Lipinski definition) is 3. The zero-order valence-electron chi connectivity index (χ0n) is 15.7. The van der Waals surface area contributed by atoms with Crippen LogP contribution in [-0.2, 0) is 17.8 Å². The van der Waals surface area contributed by atoms with Crippen LogP contribution in [0.2, 0.25) is 0 Å². The van der Waals surface area contributed by atoms with Crippen molar-refractivity contribution in [3.05, 3.63) is 35.4 Å². The molecule has 6 heteroatoms. The highest BCUT2D eigenvalue weighted by Crippen LogP contribution is 2.27. The minimum Gasteiger partial charge on any atom is -0.344 e. The summed E-state index contributed by atoms with van der Waals surface area (Å²) >= 11 is 0. The number of aliphatic imine (C=N–C) groups is 1. The highest BCUT2D eigenvalue weighted by Gasteiger charge is 2.30. The molecule has 1 aromatic rings. The first-order valence-electron chi connectivity index (χ1n) is 9.69. The molecule has 0 spiro atoms. The molecule has 0 saturated heterocycles. The highest BCUT2D eigenvalue weighted by molar-refractivity contribution is 7.67. The van der Waals surface area contributed by atoms with Gasteiger partial charge in [0.15, 0.2) is 0 Å². The second-order valence-electron chi connectivity index (χ2n) is 6.92. The molecule has 1 aliphatic heterocycles. The maximum absolute atomic E-state index is 11.8. The molecule has 0 radical (unpaired) electrons. The number of nitrogens with one attached hydrogen (secondary N) is 1. The Balaban J connectivity index is 1.72. The number of hydrogen-bond acceptors (Lipinski definition) is 5. The number of nitrogens with zero attached hydrogens (tertiary/aromatic N) is 1. The van der Waals surface area contributed by atoms with Gasteiger partial charge in [-0.2, -0.15) is 0 Å². The number of unbranched alkanes of at least 4 members (excludes halogenated alkanes) is 5. The van der Waals surface area contributed by atoms with E-state index in [0.717, 1.165) is 18.4 Å². The molecule has 26 heavy (non-hydrogen) atoms. The predicted molar refractivity (Wildman–Crippen MR) is 107 cm³/mol. The first kappa shape index (κ1) is 21.2. The van der Waals surface area contributed by atoms with E-state index in [4.69, 9.17) is 9.79 Å². The third-order valence-electron chi connectivity index (χ3n) is 4.83. The molecule has 2 rings (SSSR count). The molecule has 0 aliphatic carbocycles. The normalized spacial score (nSPS) is 16.9. The fourth-order valence-electron chi connectivity index (χ4n) is 3.25. The van der Waals surface area contributed by atoms with Crippen molar-refractivity contribution < 1.29 is 14.6 Å². The van der Waals surface area contributed by atoms with Gasteiger partial charge >= 0.3 is 0 Å². The van der Waals surface area contributed by atoms with E-state index in [2.05, 4.69) is 41.5 Å². The smallest absolute Gasteiger partial charge is 0.255 e. The van der Waals surface area contributed by atoms with E-state index in [1.165, 1.54) is 44.1 Å². The molecule has 0 saturated carbocycles. The third kappa shape index (κ3) is 6.88. The molecule has 1 atom stereocenters. The van der Waals surface area contributed by atoms with E-state index < -0.39 is 13.9 Å². The largest absolute Gasteiger partial charge is 0.344 e. The van der Waals surface area contributed by atoms with E-state index in [9.17, 15) is 4.79 Å². The molecule has 0 amide bonds. The van der Waals surface area contributed by atoms with Gasteiger partial charge in [-0.1, -0.05) is 63.3 Å². The van der Waals surface area contributed by atoms with Gasteiger partial charge in [0.2, 0.25) is 8.38 Å². The number of rotatable bonds is 12. The van der Waals surface area contributed by atoms with Crippen LogP contribution in [-0.4, -0.2) is 33.6 Å². The van der Waals surface area contributed by atoms with Crippen LogP contribution >= 0.6 is 8.38 Å². The fourth-order valence-corrected chi connectivity index (χ4v) is 3.68. The Morgan fingerprint density at radius 3 is 2.46 bits per heavy atom. The van der Waals surface area contributed by atoms with Crippen LogP contribution in [0.25, 0.3) is 0 Å². The maximum Gasteiger partial charge on any atom is 0.255 e. The third-order valence-corrected chi connectivity index (χ3v) is 5.42. The Labute approximate surface area is 157 Å². The standard InChI is InChI=1S/C20H31N2O3P/c1-2-3-4-5-6-7-8-16-9-11-17(12-10-16)15-22-18-13-14-21-19(18)20(23)26(24)25/h9-12,18,22,24-25H,2-8,13-15H2,1H3. The van der Waals surface area contributed by atoms with Crippen molar-refractivity contribution in [2.75, 3.05) is 6.54 Å². The topological polar surface area (TPSA) is 81.9 Å². The summed E-state index contributed by atoms with van der Waals surface area (Å²) in [5, 5.41) is 3.31. The van der Waals surface area contributed by atoms with Gasteiger partial charge < -0.3 is 15.1 Å². The van der Waals surface area contributed by atoms with Crippen LogP contribution in [0, 0.1) is 0 Å². The Hall–Kier alpha value is -1.13. The maximum atomic E-state index is 11.8. The Morgan fingerprint density at radius 1 is 1.12 bits per heavy atom. The van der Waals surface area contributed by atoms with Gasteiger partial charge in [-0.15, -0.1) is 0 Å². The van der Waals surface area contributed by atoms with Crippen molar-refractivity contribution in [3.8, 4) is 0 Å². The van der Waals surface area contributed by atoms with Gasteiger partial charge in [0.05, 0.1) is 6.04 Å². The zero-order chi connectivity index (χ0) is 18.8. The molecule has 1 aromatic carbocycles. The van der Waals surface area contributed by atoms with Gasteiger partial charge in [-0.25, -0.2) is 0 Å². The molecule has 0 aromatic heterocycles. The average molecular weight is 378 g/mol. The fraction of sp³-hybridized carbons (Fsp3) is 0.600.